The van der Waals surface area contributed by atoms with Crippen LogP contribution >= 0.6 is 0 Å². The zero-order valence-corrected chi connectivity index (χ0v) is 23.9. The Hall–Kier alpha value is -5.83. The highest BCUT2D eigenvalue weighted by Gasteiger charge is 2.21. The molecule has 2 N–H and O–H groups in total. The number of hydrogen-bond acceptors (Lipinski definition) is 7. The minimum atomic E-state index is -1.01. The van der Waals surface area contributed by atoms with E-state index in [2.05, 4.69) is 32.4 Å². The third-order valence-electron chi connectivity index (χ3n) is 6.91. The first-order valence-corrected chi connectivity index (χ1v) is 13.3. The molecule has 2 aromatic heterocycles. The first-order valence-electron chi connectivity index (χ1n) is 13.3. The van der Waals surface area contributed by atoms with Crippen molar-refractivity contribution in [2.24, 2.45) is 7.05 Å². The number of methoxy groups -OCH3 is 1. The van der Waals surface area contributed by atoms with E-state index in [0.717, 1.165) is 17.5 Å². The molecule has 1 amide bonds. The van der Waals surface area contributed by atoms with Gasteiger partial charge in [0.2, 0.25) is 5.95 Å². The molecule has 222 valence electrons. The zero-order chi connectivity index (χ0) is 31.4. The van der Waals surface area contributed by atoms with Crippen LogP contribution in [0.4, 0.5) is 20.4 Å². The lowest BCUT2D eigenvalue weighted by atomic mass is 10.1. The van der Waals surface area contributed by atoms with Crippen molar-refractivity contribution in [3.8, 4) is 11.8 Å². The van der Waals surface area contributed by atoms with Gasteiger partial charge < -0.3 is 15.4 Å². The van der Waals surface area contributed by atoms with Crippen LogP contribution in [0.2, 0.25) is 0 Å². The van der Waals surface area contributed by atoms with Gasteiger partial charge >= 0.3 is 5.97 Å². The number of hydrogen-bond donors (Lipinski definition) is 2. The zero-order valence-electron chi connectivity index (χ0n) is 23.9. The molecule has 44 heavy (non-hydrogen) atoms. The Morgan fingerprint density at radius 2 is 1.80 bits per heavy atom. The predicted molar refractivity (Wildman–Crippen MR) is 160 cm³/mol. The number of aromatic nitrogens is 4. The Kier molecular flexibility index (Phi) is 8.48. The summed E-state index contributed by atoms with van der Waals surface area (Å²) in [4.78, 5) is 46.3. The van der Waals surface area contributed by atoms with Crippen molar-refractivity contribution < 1.29 is 23.1 Å². The highest BCUT2D eigenvalue weighted by Crippen LogP contribution is 2.19. The number of carbonyl (C=O) groups excluding carboxylic acids is 2. The topological polar surface area (TPSA) is 120 Å². The summed E-state index contributed by atoms with van der Waals surface area (Å²) in [5, 5.41) is 6.50. The average Bonchev–Trinajstić information content (AvgIpc) is 3.23. The van der Waals surface area contributed by atoms with Gasteiger partial charge in [-0.25, -0.2) is 28.2 Å². The molecule has 12 heteroatoms. The first-order chi connectivity index (χ1) is 21.1. The van der Waals surface area contributed by atoms with Crippen molar-refractivity contribution in [3.05, 3.63) is 117 Å². The number of benzene rings is 3. The largest absolute Gasteiger partial charge is 0.465 e. The summed E-state index contributed by atoms with van der Waals surface area (Å²) in [6, 6.07) is 15.5. The summed E-state index contributed by atoms with van der Waals surface area (Å²) < 4.78 is 34.4. The summed E-state index contributed by atoms with van der Waals surface area (Å²) in [6.45, 7) is 1.58. The number of halogens is 2. The van der Waals surface area contributed by atoms with E-state index >= 15 is 0 Å². The van der Waals surface area contributed by atoms with Crippen molar-refractivity contribution >= 4 is 34.4 Å². The van der Waals surface area contributed by atoms with Crippen LogP contribution in [-0.4, -0.2) is 44.9 Å². The third-order valence-corrected chi connectivity index (χ3v) is 6.91. The number of anilines is 2. The van der Waals surface area contributed by atoms with Crippen LogP contribution in [0.5, 0.6) is 0 Å². The molecule has 0 fully saturated rings. The van der Waals surface area contributed by atoms with E-state index in [0.29, 0.717) is 39.5 Å². The SMILES string of the molecule is COC(=O)c1ccc(Nc2ncc3cc(C#CCNC(=O)c4c(C)n(C)n(Cc5ccc(F)c(F)c5)c4=O)ccc3n2)cc1. The average molecular weight is 597 g/mol. The maximum Gasteiger partial charge on any atom is 0.337 e. The predicted octanol–water partition coefficient (Wildman–Crippen LogP) is 4.08. The molecule has 0 bridgehead atoms. The van der Waals surface area contributed by atoms with Crippen LogP contribution in [0.15, 0.2) is 71.7 Å². The van der Waals surface area contributed by atoms with Gasteiger partial charge in [0.1, 0.15) is 5.56 Å². The molecule has 0 atom stereocenters. The van der Waals surface area contributed by atoms with E-state index in [1.165, 1.54) is 22.5 Å². The fraction of sp³-hybridized carbons (Fsp3) is 0.156. The molecule has 0 radical (unpaired) electrons. The highest BCUT2D eigenvalue weighted by molar-refractivity contribution is 5.95. The molecule has 0 spiro atoms. The smallest absolute Gasteiger partial charge is 0.337 e. The summed E-state index contributed by atoms with van der Waals surface area (Å²) in [6.07, 6.45) is 1.66. The van der Waals surface area contributed by atoms with Crippen LogP contribution in [0.3, 0.4) is 0 Å². The minimum absolute atomic E-state index is 0.0120. The summed E-state index contributed by atoms with van der Waals surface area (Å²) in [7, 11) is 2.93. The number of ether oxygens (including phenoxy) is 1. The molecule has 5 aromatic rings. The standard InChI is InChI=1S/C32H26F2N6O4/c1-19-28(30(42)40(39(19)2)18-21-6-12-25(33)26(34)16-21)29(41)35-14-4-5-20-7-13-27-23(15-20)17-36-32(38-27)37-24-10-8-22(9-11-24)31(43)44-3/h6-13,15-17H,14,18H2,1-3H3,(H,35,41)(H,36,37,38). The lowest BCUT2D eigenvalue weighted by Crippen LogP contribution is -2.31. The molecule has 5 rings (SSSR count). The van der Waals surface area contributed by atoms with E-state index < -0.39 is 29.1 Å². The Morgan fingerprint density at radius 3 is 2.52 bits per heavy atom. The number of carbonyl (C=O) groups is 2. The van der Waals surface area contributed by atoms with Crippen LogP contribution in [0.25, 0.3) is 10.9 Å². The van der Waals surface area contributed by atoms with E-state index in [-0.39, 0.29) is 18.7 Å². The van der Waals surface area contributed by atoms with Gasteiger partial charge in [-0.3, -0.25) is 14.3 Å². The number of amides is 1. The number of nitrogens with one attached hydrogen (secondary N) is 2. The monoisotopic (exact) mass is 596 g/mol. The number of fused-ring (bicyclic) bond motifs is 1. The van der Waals surface area contributed by atoms with Gasteiger partial charge in [-0.15, -0.1) is 0 Å². The molecular formula is C32H26F2N6O4. The quantitative estimate of drug-likeness (QED) is 0.215. The molecule has 2 heterocycles. The molecule has 0 saturated heterocycles. The fourth-order valence-corrected chi connectivity index (χ4v) is 4.48. The minimum Gasteiger partial charge on any atom is -0.465 e. The lowest BCUT2D eigenvalue weighted by molar-refractivity contribution is 0.0600. The van der Waals surface area contributed by atoms with Gasteiger partial charge in [-0.05, 0) is 67.1 Å². The maximum absolute atomic E-state index is 13.6. The first kappa shape index (κ1) is 29.7. The van der Waals surface area contributed by atoms with E-state index in [4.69, 9.17) is 4.74 Å². The molecule has 3 aromatic carbocycles. The molecule has 0 aliphatic heterocycles. The van der Waals surface area contributed by atoms with Gasteiger partial charge in [0.25, 0.3) is 11.5 Å². The third kappa shape index (κ3) is 6.32. The maximum atomic E-state index is 13.6. The van der Waals surface area contributed by atoms with Crippen molar-refractivity contribution in [3.63, 3.8) is 0 Å². The highest BCUT2D eigenvalue weighted by atomic mass is 19.2. The fourth-order valence-electron chi connectivity index (χ4n) is 4.48. The van der Waals surface area contributed by atoms with Crippen LogP contribution < -0.4 is 16.2 Å². The van der Waals surface area contributed by atoms with Crippen molar-refractivity contribution in [1.82, 2.24) is 24.6 Å². The van der Waals surface area contributed by atoms with Crippen molar-refractivity contribution in [2.75, 3.05) is 19.0 Å². The van der Waals surface area contributed by atoms with Crippen molar-refractivity contribution in [2.45, 2.75) is 13.5 Å². The second-order valence-corrected chi connectivity index (χ2v) is 9.74. The molecule has 10 nitrogen and oxygen atoms in total. The number of rotatable bonds is 7. The van der Waals surface area contributed by atoms with Gasteiger partial charge in [0.15, 0.2) is 11.6 Å². The Balaban J connectivity index is 1.22. The molecular weight excluding hydrogens is 570 g/mol. The second-order valence-electron chi connectivity index (χ2n) is 9.74. The summed E-state index contributed by atoms with van der Waals surface area (Å²) in [5.41, 5.74) is 2.70. The van der Waals surface area contributed by atoms with Crippen LogP contribution in [-0.2, 0) is 18.3 Å². The van der Waals surface area contributed by atoms with E-state index in [1.54, 1.807) is 56.6 Å². The van der Waals surface area contributed by atoms with Gasteiger partial charge in [0.05, 0.1) is 31.3 Å². The Morgan fingerprint density at radius 1 is 1.02 bits per heavy atom. The van der Waals surface area contributed by atoms with Gasteiger partial charge in [-0.2, -0.15) is 0 Å². The van der Waals surface area contributed by atoms with E-state index in [1.807, 2.05) is 6.07 Å². The van der Waals surface area contributed by atoms with Gasteiger partial charge in [-0.1, -0.05) is 17.9 Å². The van der Waals surface area contributed by atoms with Crippen molar-refractivity contribution in [1.29, 1.82) is 0 Å². The van der Waals surface area contributed by atoms with Crippen LogP contribution in [0, 0.1) is 30.4 Å². The number of nitrogens with zero attached hydrogens (tertiary/aromatic N) is 4. The van der Waals surface area contributed by atoms with Crippen LogP contribution in [0.1, 0.15) is 37.5 Å². The Bertz CT molecular complexity index is 2020. The van der Waals surface area contributed by atoms with Gasteiger partial charge in [0, 0.05) is 35.6 Å². The number of esters is 1. The molecule has 0 saturated carbocycles. The normalized spacial score (nSPS) is 10.7. The second kappa shape index (κ2) is 12.6. The summed E-state index contributed by atoms with van der Waals surface area (Å²) >= 11 is 0. The lowest BCUT2D eigenvalue weighted by Gasteiger charge is -2.08. The van der Waals surface area contributed by atoms with E-state index in [9.17, 15) is 23.2 Å². The Labute approximate surface area is 250 Å². The molecule has 0 unspecified atom stereocenters. The molecule has 0 aliphatic rings. The molecule has 0 aliphatic carbocycles. The summed E-state index contributed by atoms with van der Waals surface area (Å²) in [5.74, 6) is 3.23.